The number of rotatable bonds is 9. The van der Waals surface area contributed by atoms with Gasteiger partial charge in [0.15, 0.2) is 22.3 Å². The smallest absolute Gasteiger partial charge is 0.435 e. The molecule has 0 radical (unpaired) electrons. The summed E-state index contributed by atoms with van der Waals surface area (Å²) in [5, 5.41) is 9.29. The number of hydrogen-bond acceptors (Lipinski definition) is 9. The first-order valence-electron chi connectivity index (χ1n) is 18.5. The number of hydrogen-bond donors (Lipinski definition) is 2. The monoisotopic (exact) mass is 845 g/mol. The van der Waals surface area contributed by atoms with Crippen LogP contribution in [0.25, 0.3) is 21.5 Å². The number of halogens is 8. The van der Waals surface area contributed by atoms with Gasteiger partial charge in [-0.05, 0) is 67.1 Å². The lowest BCUT2D eigenvalue weighted by Crippen LogP contribution is -2.46. The standard InChI is InChI=1S/C39H31F8N7O4S/c1-17(55)22-11-19(2-3-26(22)42)23-14-28-34(51-35(59-28)53-6-4-37(5-7-53)16-48-36(57)58-37)50-31(23)27(10-18-8-20(40)12-21(41)9-18)49-29(56)15-54-33-30(32(52-54)39(45,46)47)24-13-25(24)38(33,43)44/h2-3,8-9,11-12,14,24-25,27H,4-7,10,13,15-16H2,1H3,(H,48,57)(H,49,56)/t24-,25+,27-/m0/s1. The van der Waals surface area contributed by atoms with Crippen LogP contribution < -0.4 is 15.5 Å². The molecule has 2 aromatic carbocycles. The molecular formula is C39H31F8N7O4S. The molecule has 5 aromatic rings. The van der Waals surface area contributed by atoms with Crippen LogP contribution in [0.4, 0.5) is 45.0 Å². The van der Waals surface area contributed by atoms with E-state index in [-0.39, 0.29) is 46.4 Å². The van der Waals surface area contributed by atoms with E-state index in [2.05, 4.69) is 15.7 Å². The van der Waals surface area contributed by atoms with Crippen LogP contribution in [0.3, 0.4) is 0 Å². The number of fused-ring (bicyclic) bond motifs is 4. The average Bonchev–Trinajstić information content (AvgIpc) is 3.39. The second kappa shape index (κ2) is 13.7. The van der Waals surface area contributed by atoms with Crippen LogP contribution >= 0.6 is 11.3 Å². The van der Waals surface area contributed by atoms with E-state index >= 15 is 8.78 Å². The van der Waals surface area contributed by atoms with E-state index in [1.54, 1.807) is 6.07 Å². The van der Waals surface area contributed by atoms with Gasteiger partial charge in [-0.1, -0.05) is 17.4 Å². The zero-order valence-corrected chi connectivity index (χ0v) is 31.5. The maximum Gasteiger partial charge on any atom is 0.435 e. The molecule has 1 spiro atoms. The Bertz CT molecular complexity index is 2570. The summed E-state index contributed by atoms with van der Waals surface area (Å²) >= 11 is 1.25. The third-order valence-electron chi connectivity index (χ3n) is 11.4. The van der Waals surface area contributed by atoms with Crippen LogP contribution in [0.2, 0.25) is 0 Å². The molecule has 3 atom stereocenters. The largest absolute Gasteiger partial charge is 0.441 e. The molecule has 308 valence electrons. The van der Waals surface area contributed by atoms with Gasteiger partial charge < -0.3 is 20.3 Å². The van der Waals surface area contributed by atoms with E-state index in [0.717, 1.165) is 25.1 Å². The number of alkyl carbamates (subject to hydrolysis) is 1. The number of alkyl halides is 5. The summed E-state index contributed by atoms with van der Waals surface area (Å²) in [6, 6.07) is 6.58. The number of nitrogens with one attached hydrogen (secondary N) is 2. The van der Waals surface area contributed by atoms with E-state index < -0.39 is 94.3 Å². The van der Waals surface area contributed by atoms with Gasteiger partial charge in [-0.25, -0.2) is 22.9 Å². The summed E-state index contributed by atoms with van der Waals surface area (Å²) in [7, 11) is 0. The molecule has 2 N–H and O–H groups in total. The molecule has 2 aliphatic heterocycles. The number of thiazole rings is 1. The molecule has 3 aromatic heterocycles. The number of pyridine rings is 1. The van der Waals surface area contributed by atoms with E-state index in [1.165, 1.54) is 23.5 Å². The van der Waals surface area contributed by atoms with E-state index in [1.807, 2.05) is 4.90 Å². The first kappa shape index (κ1) is 38.8. The third kappa shape index (κ3) is 6.93. The van der Waals surface area contributed by atoms with E-state index in [0.29, 0.717) is 53.1 Å². The fraction of sp³-hybridized carbons (Fsp3) is 0.385. The fourth-order valence-corrected chi connectivity index (χ4v) is 9.50. The lowest BCUT2D eigenvalue weighted by atomic mass is 9.92. The van der Waals surface area contributed by atoms with Crippen LogP contribution in [0.5, 0.6) is 0 Å². The van der Waals surface area contributed by atoms with Gasteiger partial charge in [0.2, 0.25) is 5.91 Å². The van der Waals surface area contributed by atoms with Gasteiger partial charge in [0.05, 0.1) is 28.5 Å². The van der Waals surface area contributed by atoms with Crippen molar-refractivity contribution in [2.24, 2.45) is 5.92 Å². The Morgan fingerprint density at radius 2 is 1.78 bits per heavy atom. The maximum absolute atomic E-state index is 15.4. The molecular weight excluding hydrogens is 815 g/mol. The third-order valence-corrected chi connectivity index (χ3v) is 12.4. The molecule has 5 heterocycles. The molecule has 0 unspecified atom stereocenters. The van der Waals surface area contributed by atoms with E-state index in [4.69, 9.17) is 14.7 Å². The Hall–Kier alpha value is -5.66. The second-order valence-electron chi connectivity index (χ2n) is 15.3. The molecule has 2 amide bonds. The van der Waals surface area contributed by atoms with Crippen LogP contribution in [-0.2, 0) is 34.6 Å². The summed E-state index contributed by atoms with van der Waals surface area (Å²) in [4.78, 5) is 49.6. The first-order valence-corrected chi connectivity index (χ1v) is 19.4. The Balaban J connectivity index is 1.13. The number of Topliss-reactive ketones (excluding diaryl/α,β-unsaturated/α-hetero) is 1. The minimum atomic E-state index is -5.08. The summed E-state index contributed by atoms with van der Waals surface area (Å²) < 4.78 is 123. The second-order valence-corrected chi connectivity index (χ2v) is 16.4. The molecule has 0 bridgehead atoms. The Labute approximate surface area is 332 Å². The van der Waals surface area contributed by atoms with Crippen molar-refractivity contribution in [1.82, 2.24) is 30.4 Å². The molecule has 20 heteroatoms. The topological polar surface area (TPSA) is 131 Å². The zero-order chi connectivity index (χ0) is 41.8. The van der Waals surface area contributed by atoms with Gasteiger partial charge in [-0.2, -0.15) is 32.0 Å². The highest BCUT2D eigenvalue weighted by Crippen LogP contribution is 2.68. The molecule has 1 saturated carbocycles. The van der Waals surface area contributed by atoms with Crippen LogP contribution in [0, 0.1) is 23.4 Å². The van der Waals surface area contributed by atoms with Crippen LogP contribution in [0.1, 0.15) is 76.7 Å². The number of carbonyl (C=O) groups is 3. The number of benzene rings is 2. The number of aromatic nitrogens is 4. The summed E-state index contributed by atoms with van der Waals surface area (Å²) in [5.74, 6) is -10.5. The highest BCUT2D eigenvalue weighted by molar-refractivity contribution is 7.22. The number of ether oxygens (including phenoxy) is 1. The normalized spacial score (nSPS) is 20.6. The number of piperidine rings is 1. The van der Waals surface area contributed by atoms with E-state index in [9.17, 15) is 40.7 Å². The SMILES string of the molecule is CC(=O)c1cc(-c2cc3sc(N4CCC5(CC4)CNC(=O)O5)nc3nc2[C@H](Cc2cc(F)cc(F)c2)NC(=O)Cn2nc(C(F)(F)F)c3c2C(F)(F)[C@@H]2C[C@H]32)ccc1F. The predicted molar refractivity (Wildman–Crippen MR) is 194 cm³/mol. The fourth-order valence-electron chi connectivity index (χ4n) is 8.50. The molecule has 4 aliphatic rings. The van der Waals surface area contributed by atoms with Crippen molar-refractivity contribution in [3.63, 3.8) is 0 Å². The molecule has 2 aliphatic carbocycles. The molecule has 59 heavy (non-hydrogen) atoms. The molecule has 2 saturated heterocycles. The number of anilines is 1. The van der Waals surface area contributed by atoms with Crippen molar-refractivity contribution >= 4 is 44.6 Å². The molecule has 9 rings (SSSR count). The van der Waals surface area contributed by atoms with Gasteiger partial charge in [-0.15, -0.1) is 0 Å². The van der Waals surface area contributed by atoms with Gasteiger partial charge in [0, 0.05) is 49.0 Å². The van der Waals surface area contributed by atoms with Crippen molar-refractivity contribution < 1.29 is 54.2 Å². The first-order chi connectivity index (χ1) is 27.9. The minimum Gasteiger partial charge on any atom is -0.441 e. The summed E-state index contributed by atoms with van der Waals surface area (Å²) in [6.45, 7) is 1.38. The predicted octanol–water partition coefficient (Wildman–Crippen LogP) is 7.58. The molecule has 3 fully saturated rings. The summed E-state index contributed by atoms with van der Waals surface area (Å²) in [6.07, 6.45) is -5.09. The lowest BCUT2D eigenvalue weighted by molar-refractivity contribution is -0.142. The van der Waals surface area contributed by atoms with Gasteiger partial charge >= 0.3 is 12.3 Å². The highest BCUT2D eigenvalue weighted by Gasteiger charge is 2.68. The Morgan fingerprint density at radius 1 is 1.05 bits per heavy atom. The average molecular weight is 846 g/mol. The lowest BCUT2D eigenvalue weighted by Gasteiger charge is -2.36. The quantitative estimate of drug-likeness (QED) is 0.115. The number of ketones is 1. The van der Waals surface area contributed by atoms with Crippen molar-refractivity contribution in [2.75, 3.05) is 24.5 Å². The number of carbonyl (C=O) groups excluding carboxylic acids is 3. The highest BCUT2D eigenvalue weighted by atomic mass is 32.1. The zero-order valence-electron chi connectivity index (χ0n) is 30.7. The van der Waals surface area contributed by atoms with Gasteiger partial charge in [-0.3, -0.25) is 14.3 Å². The van der Waals surface area contributed by atoms with Crippen molar-refractivity contribution in [1.29, 1.82) is 0 Å². The Kier molecular flexibility index (Phi) is 9.02. The number of nitrogens with zero attached hydrogens (tertiary/aromatic N) is 5. The van der Waals surface area contributed by atoms with Crippen molar-refractivity contribution in [3.8, 4) is 11.1 Å². The maximum atomic E-state index is 15.4. The summed E-state index contributed by atoms with van der Waals surface area (Å²) in [5.41, 5.74) is -3.40. The van der Waals surface area contributed by atoms with Crippen LogP contribution in [0.15, 0.2) is 42.5 Å². The Morgan fingerprint density at radius 3 is 2.44 bits per heavy atom. The minimum absolute atomic E-state index is 0.00303. The van der Waals surface area contributed by atoms with Crippen LogP contribution in [-0.4, -0.2) is 62.8 Å². The van der Waals surface area contributed by atoms with Crippen molar-refractivity contribution in [3.05, 3.63) is 93.7 Å². The van der Waals surface area contributed by atoms with Gasteiger partial charge in [0.1, 0.15) is 35.3 Å². The number of amides is 2. The molecule has 11 nitrogen and oxygen atoms in total. The van der Waals surface area contributed by atoms with Gasteiger partial charge in [0.25, 0.3) is 5.92 Å². The van der Waals surface area contributed by atoms with Crippen molar-refractivity contribution in [2.45, 2.75) is 68.8 Å².